The fraction of sp³-hybridized carbons (Fsp3) is 0.294. The SMILES string of the molecule is COc1ccc(NC(=O)CCNCc2ccccn2)cc1OC. The second-order valence-electron chi connectivity index (χ2n) is 4.87. The standard InChI is InChI=1S/C17H21N3O3/c1-22-15-7-6-13(11-16(15)23-2)20-17(21)8-10-18-12-14-5-3-4-9-19-14/h3-7,9,11,18H,8,10,12H2,1-2H3,(H,20,21). The predicted molar refractivity (Wildman–Crippen MR) is 88.7 cm³/mol. The van der Waals surface area contributed by atoms with Crippen molar-refractivity contribution in [3.05, 3.63) is 48.3 Å². The molecule has 2 N–H and O–H groups in total. The summed E-state index contributed by atoms with van der Waals surface area (Å²) in [5.41, 5.74) is 1.63. The van der Waals surface area contributed by atoms with E-state index in [-0.39, 0.29) is 5.91 Å². The molecule has 0 saturated heterocycles. The van der Waals surface area contributed by atoms with Crippen molar-refractivity contribution in [3.63, 3.8) is 0 Å². The number of nitrogens with zero attached hydrogens (tertiary/aromatic N) is 1. The number of amides is 1. The van der Waals surface area contributed by atoms with Crippen molar-refractivity contribution in [2.24, 2.45) is 0 Å². The predicted octanol–water partition coefficient (Wildman–Crippen LogP) is 2.22. The number of rotatable bonds is 8. The molecule has 0 saturated carbocycles. The highest BCUT2D eigenvalue weighted by molar-refractivity contribution is 5.91. The maximum atomic E-state index is 11.9. The zero-order valence-electron chi connectivity index (χ0n) is 13.3. The zero-order valence-corrected chi connectivity index (χ0v) is 13.3. The molecule has 0 bridgehead atoms. The van der Waals surface area contributed by atoms with Crippen LogP contribution in [-0.2, 0) is 11.3 Å². The molecular weight excluding hydrogens is 294 g/mol. The molecule has 2 aromatic rings. The van der Waals surface area contributed by atoms with Crippen LogP contribution in [0.15, 0.2) is 42.6 Å². The molecule has 0 atom stereocenters. The van der Waals surface area contributed by atoms with Crippen molar-refractivity contribution in [1.29, 1.82) is 0 Å². The Bertz CT molecular complexity index is 632. The first-order valence-electron chi connectivity index (χ1n) is 7.35. The minimum absolute atomic E-state index is 0.0641. The van der Waals surface area contributed by atoms with Crippen LogP contribution in [0.4, 0.5) is 5.69 Å². The summed E-state index contributed by atoms with van der Waals surface area (Å²) in [5, 5.41) is 6.03. The number of hydrogen-bond donors (Lipinski definition) is 2. The van der Waals surface area contributed by atoms with E-state index in [0.29, 0.717) is 36.7 Å². The van der Waals surface area contributed by atoms with Gasteiger partial charge < -0.3 is 20.1 Å². The van der Waals surface area contributed by atoms with Gasteiger partial charge in [0.25, 0.3) is 0 Å². The highest BCUT2D eigenvalue weighted by Gasteiger charge is 2.07. The van der Waals surface area contributed by atoms with Crippen LogP contribution in [0.25, 0.3) is 0 Å². The van der Waals surface area contributed by atoms with E-state index in [0.717, 1.165) is 5.69 Å². The number of benzene rings is 1. The minimum Gasteiger partial charge on any atom is -0.493 e. The van der Waals surface area contributed by atoms with E-state index in [2.05, 4.69) is 15.6 Å². The molecule has 1 heterocycles. The van der Waals surface area contributed by atoms with Gasteiger partial charge in [0.2, 0.25) is 5.91 Å². The van der Waals surface area contributed by atoms with E-state index in [1.165, 1.54) is 0 Å². The second kappa shape index (κ2) is 8.75. The maximum absolute atomic E-state index is 11.9. The van der Waals surface area contributed by atoms with Crippen molar-refractivity contribution in [2.75, 3.05) is 26.1 Å². The van der Waals surface area contributed by atoms with Gasteiger partial charge in [-0.25, -0.2) is 0 Å². The van der Waals surface area contributed by atoms with Crippen LogP contribution in [0.5, 0.6) is 11.5 Å². The zero-order chi connectivity index (χ0) is 16.5. The number of ether oxygens (including phenoxy) is 2. The molecule has 6 heteroatoms. The third-order valence-corrected chi connectivity index (χ3v) is 3.23. The summed E-state index contributed by atoms with van der Waals surface area (Å²) in [5.74, 6) is 1.15. The lowest BCUT2D eigenvalue weighted by Crippen LogP contribution is -2.21. The number of aromatic nitrogens is 1. The first-order chi connectivity index (χ1) is 11.2. The first kappa shape index (κ1) is 16.8. The third-order valence-electron chi connectivity index (χ3n) is 3.23. The van der Waals surface area contributed by atoms with Crippen molar-refractivity contribution >= 4 is 11.6 Å². The minimum atomic E-state index is -0.0641. The van der Waals surface area contributed by atoms with Gasteiger partial charge in [-0.05, 0) is 24.3 Å². The van der Waals surface area contributed by atoms with Crippen LogP contribution in [0.3, 0.4) is 0 Å². The number of anilines is 1. The molecule has 0 aliphatic rings. The lowest BCUT2D eigenvalue weighted by atomic mass is 10.2. The number of carbonyl (C=O) groups is 1. The van der Waals surface area contributed by atoms with Crippen molar-refractivity contribution in [1.82, 2.24) is 10.3 Å². The molecule has 1 aromatic carbocycles. The molecule has 6 nitrogen and oxygen atoms in total. The van der Waals surface area contributed by atoms with Crippen LogP contribution in [-0.4, -0.2) is 31.7 Å². The fourth-order valence-corrected chi connectivity index (χ4v) is 2.06. The van der Waals surface area contributed by atoms with Gasteiger partial charge in [-0.3, -0.25) is 9.78 Å². The topological polar surface area (TPSA) is 72.5 Å². The third kappa shape index (κ3) is 5.27. The van der Waals surface area contributed by atoms with Crippen molar-refractivity contribution < 1.29 is 14.3 Å². The molecule has 122 valence electrons. The van der Waals surface area contributed by atoms with Crippen LogP contribution in [0, 0.1) is 0 Å². The highest BCUT2D eigenvalue weighted by Crippen LogP contribution is 2.29. The summed E-state index contributed by atoms with van der Waals surface area (Å²) < 4.78 is 10.4. The Hall–Kier alpha value is -2.60. The molecule has 23 heavy (non-hydrogen) atoms. The Kier molecular flexibility index (Phi) is 6.38. The van der Waals surface area contributed by atoms with Gasteiger partial charge in [0.15, 0.2) is 11.5 Å². The highest BCUT2D eigenvalue weighted by atomic mass is 16.5. The van der Waals surface area contributed by atoms with Crippen molar-refractivity contribution in [3.8, 4) is 11.5 Å². The van der Waals surface area contributed by atoms with Gasteiger partial charge in [0.1, 0.15) is 0 Å². The van der Waals surface area contributed by atoms with E-state index >= 15 is 0 Å². The molecule has 0 aliphatic carbocycles. The van der Waals surface area contributed by atoms with E-state index in [1.54, 1.807) is 38.6 Å². The maximum Gasteiger partial charge on any atom is 0.225 e. The van der Waals surface area contributed by atoms with E-state index in [4.69, 9.17) is 9.47 Å². The summed E-state index contributed by atoms with van der Waals surface area (Å²) in [6.07, 6.45) is 2.13. The van der Waals surface area contributed by atoms with Gasteiger partial charge in [0, 0.05) is 37.5 Å². The Labute approximate surface area is 135 Å². The Balaban J connectivity index is 1.76. The van der Waals surface area contributed by atoms with Crippen molar-refractivity contribution in [2.45, 2.75) is 13.0 Å². The van der Waals surface area contributed by atoms with Crippen LogP contribution in [0.2, 0.25) is 0 Å². The lowest BCUT2D eigenvalue weighted by molar-refractivity contribution is -0.116. The average Bonchev–Trinajstić information content (AvgIpc) is 2.59. The number of hydrogen-bond acceptors (Lipinski definition) is 5. The largest absolute Gasteiger partial charge is 0.493 e. The Morgan fingerprint density at radius 1 is 1.13 bits per heavy atom. The van der Waals surface area contributed by atoms with Gasteiger partial charge in [-0.1, -0.05) is 6.07 Å². The molecule has 0 aliphatic heterocycles. The molecule has 0 radical (unpaired) electrons. The van der Waals surface area contributed by atoms with Gasteiger partial charge in [-0.15, -0.1) is 0 Å². The number of carbonyl (C=O) groups excluding carboxylic acids is 1. The first-order valence-corrected chi connectivity index (χ1v) is 7.35. The molecule has 1 aromatic heterocycles. The molecule has 0 spiro atoms. The monoisotopic (exact) mass is 315 g/mol. The molecule has 0 unspecified atom stereocenters. The molecule has 0 fully saturated rings. The molecule has 2 rings (SSSR count). The Morgan fingerprint density at radius 2 is 1.96 bits per heavy atom. The summed E-state index contributed by atoms with van der Waals surface area (Å²) >= 11 is 0. The Morgan fingerprint density at radius 3 is 2.65 bits per heavy atom. The smallest absolute Gasteiger partial charge is 0.225 e. The summed E-state index contributed by atoms with van der Waals surface area (Å²) in [4.78, 5) is 16.1. The van der Waals surface area contributed by atoms with Crippen LogP contribution >= 0.6 is 0 Å². The van der Waals surface area contributed by atoms with Gasteiger partial charge in [0.05, 0.1) is 19.9 Å². The number of pyridine rings is 1. The van der Waals surface area contributed by atoms with Crippen LogP contribution in [0.1, 0.15) is 12.1 Å². The summed E-state index contributed by atoms with van der Waals surface area (Å²) in [6, 6.07) is 11.0. The van der Waals surface area contributed by atoms with E-state index in [1.807, 2.05) is 18.2 Å². The number of methoxy groups -OCH3 is 2. The summed E-state index contributed by atoms with van der Waals surface area (Å²) in [7, 11) is 3.13. The quantitative estimate of drug-likeness (QED) is 0.731. The second-order valence-corrected chi connectivity index (χ2v) is 4.87. The average molecular weight is 315 g/mol. The van der Waals surface area contributed by atoms with E-state index < -0.39 is 0 Å². The molecular formula is C17H21N3O3. The summed E-state index contributed by atoms with van der Waals surface area (Å²) in [6.45, 7) is 1.22. The molecule has 1 amide bonds. The number of nitrogens with one attached hydrogen (secondary N) is 2. The van der Waals surface area contributed by atoms with Crippen LogP contribution < -0.4 is 20.1 Å². The van der Waals surface area contributed by atoms with E-state index in [9.17, 15) is 4.79 Å². The van der Waals surface area contributed by atoms with Gasteiger partial charge >= 0.3 is 0 Å². The lowest BCUT2D eigenvalue weighted by Gasteiger charge is -2.10. The van der Waals surface area contributed by atoms with Gasteiger partial charge in [-0.2, -0.15) is 0 Å². The normalized spacial score (nSPS) is 10.2. The fourth-order valence-electron chi connectivity index (χ4n) is 2.06.